The highest BCUT2D eigenvalue weighted by atomic mass is 16.5. The van der Waals surface area contributed by atoms with Gasteiger partial charge in [0.2, 0.25) is 0 Å². The molecule has 0 aliphatic rings. The molecule has 0 atom stereocenters. The maximum absolute atomic E-state index is 12.0. The van der Waals surface area contributed by atoms with E-state index in [1.807, 2.05) is 0 Å². The summed E-state index contributed by atoms with van der Waals surface area (Å²) < 4.78 is 15.1. The highest BCUT2D eigenvalue weighted by molar-refractivity contribution is 6.03. The summed E-state index contributed by atoms with van der Waals surface area (Å²) in [4.78, 5) is 23.8. The molecule has 0 unspecified atom stereocenters. The van der Waals surface area contributed by atoms with Gasteiger partial charge in [-0.3, -0.25) is 0 Å². The lowest BCUT2D eigenvalue weighted by Gasteiger charge is -2.08. The van der Waals surface area contributed by atoms with Crippen molar-refractivity contribution in [2.45, 2.75) is 13.5 Å². The predicted octanol–water partition coefficient (Wildman–Crippen LogP) is 2.81. The lowest BCUT2D eigenvalue weighted by Crippen LogP contribution is -2.13. The molecule has 0 fully saturated rings. The molecule has 1 aromatic heterocycles. The molecule has 104 valence electrons. The van der Waals surface area contributed by atoms with E-state index in [1.165, 1.54) is 18.4 Å². The molecule has 20 heavy (non-hydrogen) atoms. The fourth-order valence-corrected chi connectivity index (χ4v) is 1.66. The molecule has 1 heterocycles. The number of esters is 2. The van der Waals surface area contributed by atoms with Crippen molar-refractivity contribution in [1.82, 2.24) is 0 Å². The summed E-state index contributed by atoms with van der Waals surface area (Å²) in [6.45, 7) is 1.97. The van der Waals surface area contributed by atoms with Crippen LogP contribution in [0.3, 0.4) is 0 Å². The van der Waals surface area contributed by atoms with Gasteiger partial charge in [-0.1, -0.05) is 12.1 Å². The molecule has 0 bridgehead atoms. The van der Waals surface area contributed by atoms with Gasteiger partial charge in [0.05, 0.1) is 24.0 Å². The summed E-state index contributed by atoms with van der Waals surface area (Å²) in [5.74, 6) is -0.602. The second kappa shape index (κ2) is 6.56. The number of benzene rings is 1. The van der Waals surface area contributed by atoms with Gasteiger partial charge in [-0.15, -0.1) is 0 Å². The van der Waals surface area contributed by atoms with E-state index in [0.29, 0.717) is 5.76 Å². The molecule has 2 rings (SSSR count). The SMILES string of the molecule is CCOC(=O)c1ccccc1C(=O)OCc1ccco1. The third-order valence-electron chi connectivity index (χ3n) is 2.57. The summed E-state index contributed by atoms with van der Waals surface area (Å²) >= 11 is 0. The Morgan fingerprint density at radius 3 is 2.20 bits per heavy atom. The molecule has 0 aliphatic carbocycles. The summed E-state index contributed by atoms with van der Waals surface area (Å²) in [5, 5.41) is 0. The Labute approximate surface area is 116 Å². The van der Waals surface area contributed by atoms with E-state index in [4.69, 9.17) is 13.9 Å². The maximum atomic E-state index is 12.0. The summed E-state index contributed by atoms with van der Waals surface area (Å²) in [6.07, 6.45) is 1.50. The predicted molar refractivity (Wildman–Crippen MR) is 70.2 cm³/mol. The monoisotopic (exact) mass is 274 g/mol. The van der Waals surface area contributed by atoms with Crippen LogP contribution in [0.25, 0.3) is 0 Å². The molecule has 0 saturated carbocycles. The van der Waals surface area contributed by atoms with Crippen LogP contribution in [-0.2, 0) is 16.1 Å². The molecule has 0 saturated heterocycles. The Balaban J connectivity index is 2.11. The number of ether oxygens (including phenoxy) is 2. The standard InChI is InChI=1S/C15H14O5/c1-2-18-14(16)12-7-3-4-8-13(12)15(17)20-10-11-6-5-9-19-11/h3-9H,2,10H2,1H3. The lowest BCUT2D eigenvalue weighted by molar-refractivity contribution is 0.0424. The Morgan fingerprint density at radius 1 is 1.00 bits per heavy atom. The van der Waals surface area contributed by atoms with Crippen LogP contribution in [0.4, 0.5) is 0 Å². The molecule has 0 N–H and O–H groups in total. The summed E-state index contributed by atoms with van der Waals surface area (Å²) in [7, 11) is 0. The van der Waals surface area contributed by atoms with Crippen LogP contribution in [-0.4, -0.2) is 18.5 Å². The van der Waals surface area contributed by atoms with Crippen molar-refractivity contribution < 1.29 is 23.5 Å². The van der Waals surface area contributed by atoms with Gasteiger partial charge in [0.1, 0.15) is 12.4 Å². The van der Waals surface area contributed by atoms with Gasteiger partial charge in [-0.05, 0) is 31.2 Å². The average molecular weight is 274 g/mol. The third-order valence-corrected chi connectivity index (χ3v) is 2.57. The first-order valence-electron chi connectivity index (χ1n) is 6.18. The molecular weight excluding hydrogens is 260 g/mol. The van der Waals surface area contributed by atoms with Crippen LogP contribution < -0.4 is 0 Å². The molecule has 5 heteroatoms. The Morgan fingerprint density at radius 2 is 1.65 bits per heavy atom. The number of hydrogen-bond donors (Lipinski definition) is 0. The summed E-state index contributed by atoms with van der Waals surface area (Å²) in [6, 6.07) is 9.78. The largest absolute Gasteiger partial charge is 0.466 e. The molecule has 0 amide bonds. The minimum Gasteiger partial charge on any atom is -0.466 e. The normalized spacial score (nSPS) is 10.1. The van der Waals surface area contributed by atoms with Crippen molar-refractivity contribution in [2.24, 2.45) is 0 Å². The van der Waals surface area contributed by atoms with Crippen molar-refractivity contribution in [3.63, 3.8) is 0 Å². The third kappa shape index (κ3) is 3.26. The van der Waals surface area contributed by atoms with E-state index in [1.54, 1.807) is 31.2 Å². The number of furan rings is 1. The highest BCUT2D eigenvalue weighted by Gasteiger charge is 2.18. The van der Waals surface area contributed by atoms with Gasteiger partial charge in [0.15, 0.2) is 0 Å². The first-order valence-corrected chi connectivity index (χ1v) is 6.18. The number of hydrogen-bond acceptors (Lipinski definition) is 5. The van der Waals surface area contributed by atoms with E-state index < -0.39 is 11.9 Å². The van der Waals surface area contributed by atoms with Gasteiger partial charge >= 0.3 is 11.9 Å². The van der Waals surface area contributed by atoms with E-state index in [-0.39, 0.29) is 24.3 Å². The number of carbonyl (C=O) groups is 2. The molecule has 5 nitrogen and oxygen atoms in total. The molecule has 0 spiro atoms. The molecule has 0 radical (unpaired) electrons. The van der Waals surface area contributed by atoms with Crippen LogP contribution >= 0.6 is 0 Å². The minimum atomic E-state index is -0.593. The number of rotatable bonds is 5. The fourth-order valence-electron chi connectivity index (χ4n) is 1.66. The molecule has 1 aromatic carbocycles. The van der Waals surface area contributed by atoms with Crippen molar-refractivity contribution >= 4 is 11.9 Å². The van der Waals surface area contributed by atoms with Crippen LogP contribution in [0.15, 0.2) is 47.1 Å². The molecule has 2 aromatic rings. The average Bonchev–Trinajstić information content (AvgIpc) is 2.98. The van der Waals surface area contributed by atoms with Gasteiger partial charge in [-0.25, -0.2) is 9.59 Å². The Kier molecular flexibility index (Phi) is 4.55. The lowest BCUT2D eigenvalue weighted by atomic mass is 10.1. The molecule has 0 aliphatic heterocycles. The topological polar surface area (TPSA) is 65.7 Å². The second-order valence-electron chi connectivity index (χ2n) is 3.92. The van der Waals surface area contributed by atoms with Gasteiger partial charge in [-0.2, -0.15) is 0 Å². The van der Waals surface area contributed by atoms with Crippen LogP contribution in [0, 0.1) is 0 Å². The van der Waals surface area contributed by atoms with E-state index in [0.717, 1.165) is 0 Å². The first-order chi connectivity index (χ1) is 9.72. The van der Waals surface area contributed by atoms with Gasteiger partial charge in [0, 0.05) is 0 Å². The zero-order chi connectivity index (χ0) is 14.4. The van der Waals surface area contributed by atoms with Crippen molar-refractivity contribution in [3.05, 3.63) is 59.5 Å². The van der Waals surface area contributed by atoms with Crippen molar-refractivity contribution in [3.8, 4) is 0 Å². The minimum absolute atomic E-state index is 0.0169. The van der Waals surface area contributed by atoms with Crippen molar-refractivity contribution in [2.75, 3.05) is 6.61 Å². The zero-order valence-corrected chi connectivity index (χ0v) is 11.0. The highest BCUT2D eigenvalue weighted by Crippen LogP contribution is 2.13. The maximum Gasteiger partial charge on any atom is 0.339 e. The zero-order valence-electron chi connectivity index (χ0n) is 11.0. The van der Waals surface area contributed by atoms with Gasteiger partial charge in [0.25, 0.3) is 0 Å². The number of carbonyl (C=O) groups excluding carboxylic acids is 2. The van der Waals surface area contributed by atoms with E-state index in [9.17, 15) is 9.59 Å². The smallest absolute Gasteiger partial charge is 0.339 e. The van der Waals surface area contributed by atoms with Gasteiger partial charge < -0.3 is 13.9 Å². The second-order valence-corrected chi connectivity index (χ2v) is 3.92. The van der Waals surface area contributed by atoms with Crippen LogP contribution in [0.5, 0.6) is 0 Å². The van der Waals surface area contributed by atoms with Crippen LogP contribution in [0.2, 0.25) is 0 Å². The Bertz CT molecular complexity index is 586. The van der Waals surface area contributed by atoms with Crippen molar-refractivity contribution in [1.29, 1.82) is 0 Å². The first kappa shape index (κ1) is 13.9. The van der Waals surface area contributed by atoms with Crippen LogP contribution in [0.1, 0.15) is 33.4 Å². The Hall–Kier alpha value is -2.56. The summed E-state index contributed by atoms with van der Waals surface area (Å²) in [5.41, 5.74) is 0.372. The quantitative estimate of drug-likeness (QED) is 0.784. The fraction of sp³-hybridized carbons (Fsp3) is 0.200. The molecular formula is C15H14O5. The van der Waals surface area contributed by atoms with E-state index >= 15 is 0 Å². The van der Waals surface area contributed by atoms with E-state index in [2.05, 4.69) is 0 Å².